The molecule has 8 aromatic rings. The largest absolute Gasteiger partial charge is 0.344 e. The maximum Gasteiger partial charge on any atom is 0.159 e. The van der Waals surface area contributed by atoms with Gasteiger partial charge in [0.1, 0.15) is 12.0 Å². The second-order valence-electron chi connectivity index (χ2n) is 11.6. The molecule has 0 spiro atoms. The van der Waals surface area contributed by atoms with E-state index in [4.69, 9.17) is 20.0 Å². The highest BCUT2D eigenvalue weighted by atomic mass is 32.1. The predicted molar refractivity (Wildman–Crippen MR) is 195 cm³/mol. The van der Waals surface area contributed by atoms with Gasteiger partial charge in [-0.3, -0.25) is 4.98 Å². The van der Waals surface area contributed by atoms with Crippen LogP contribution in [-0.2, 0) is 0 Å². The standard InChI is InChI=1S/C41H27N5S/c1-3-11-26(12-4-1)39-44-40(27-13-5-2-6-14-27)46-41(45-39)29-16-9-15-28(23-29)31-19-10-17-30-25-42-35(24-33(30)31)34-21-22-37-38(43-34)32-18-7-8-20-36(32)47-37/h1-25,39H,(H,44,45,46). The van der Waals surface area contributed by atoms with Crippen LogP contribution in [0.25, 0.3) is 53.6 Å². The lowest BCUT2D eigenvalue weighted by molar-refractivity contribution is 0.674. The first-order valence-corrected chi connectivity index (χ1v) is 16.4. The molecule has 222 valence electrons. The highest BCUT2D eigenvalue weighted by molar-refractivity contribution is 7.25. The number of hydrogen-bond donors (Lipinski definition) is 1. The van der Waals surface area contributed by atoms with Crippen LogP contribution >= 0.6 is 11.3 Å². The molecule has 0 saturated heterocycles. The number of aliphatic imine (C=N–C) groups is 2. The van der Waals surface area contributed by atoms with E-state index in [1.54, 1.807) is 11.3 Å². The van der Waals surface area contributed by atoms with Crippen LogP contribution in [-0.4, -0.2) is 21.6 Å². The van der Waals surface area contributed by atoms with Gasteiger partial charge in [0, 0.05) is 32.8 Å². The monoisotopic (exact) mass is 621 g/mol. The summed E-state index contributed by atoms with van der Waals surface area (Å²) in [5.41, 5.74) is 8.02. The molecule has 1 unspecified atom stereocenters. The summed E-state index contributed by atoms with van der Waals surface area (Å²) in [6.45, 7) is 0. The van der Waals surface area contributed by atoms with Gasteiger partial charge in [-0.05, 0) is 52.4 Å². The van der Waals surface area contributed by atoms with E-state index in [2.05, 4.69) is 115 Å². The van der Waals surface area contributed by atoms with E-state index >= 15 is 0 Å². The van der Waals surface area contributed by atoms with E-state index in [1.165, 1.54) is 14.8 Å². The van der Waals surface area contributed by atoms with Crippen molar-refractivity contribution in [2.45, 2.75) is 6.17 Å². The van der Waals surface area contributed by atoms with Gasteiger partial charge in [0.25, 0.3) is 0 Å². The fraction of sp³-hybridized carbons (Fsp3) is 0.0244. The van der Waals surface area contributed by atoms with E-state index in [0.29, 0.717) is 5.84 Å². The zero-order valence-corrected chi connectivity index (χ0v) is 26.0. The SMILES string of the molecule is c1ccc(C2=NC(c3cccc(-c4cccc5cnc(-c6ccc7sc8ccccc8c7n6)cc45)c3)=NC(c3ccccc3)N2)cc1. The van der Waals surface area contributed by atoms with Crippen molar-refractivity contribution in [2.75, 3.05) is 0 Å². The molecule has 5 aromatic carbocycles. The van der Waals surface area contributed by atoms with Crippen LogP contribution in [0.3, 0.4) is 0 Å². The average molecular weight is 622 g/mol. The van der Waals surface area contributed by atoms with E-state index < -0.39 is 0 Å². The molecule has 1 N–H and O–H groups in total. The van der Waals surface area contributed by atoms with Crippen molar-refractivity contribution in [3.05, 3.63) is 168 Å². The number of thiophene rings is 1. The van der Waals surface area contributed by atoms with Crippen LogP contribution in [0.1, 0.15) is 22.9 Å². The number of nitrogens with one attached hydrogen (secondary N) is 1. The molecule has 0 radical (unpaired) electrons. The minimum atomic E-state index is -0.251. The first-order chi connectivity index (χ1) is 23.3. The molecule has 1 aliphatic heterocycles. The Balaban J connectivity index is 1.14. The third-order valence-corrected chi connectivity index (χ3v) is 9.71. The summed E-state index contributed by atoms with van der Waals surface area (Å²) in [5, 5.41) is 6.92. The second-order valence-corrected chi connectivity index (χ2v) is 12.6. The fourth-order valence-corrected chi connectivity index (χ4v) is 7.30. The summed E-state index contributed by atoms with van der Waals surface area (Å²) in [4.78, 5) is 20.1. The Bertz CT molecular complexity index is 2500. The van der Waals surface area contributed by atoms with E-state index in [1.807, 2.05) is 42.6 Å². The molecule has 1 atom stereocenters. The first-order valence-electron chi connectivity index (χ1n) is 15.6. The molecule has 6 heteroatoms. The van der Waals surface area contributed by atoms with Crippen LogP contribution in [0.2, 0.25) is 0 Å². The number of benzene rings is 5. The highest BCUT2D eigenvalue weighted by Crippen LogP contribution is 2.36. The molecule has 1 aliphatic rings. The molecule has 0 amide bonds. The molecular weight excluding hydrogens is 595 g/mol. The van der Waals surface area contributed by atoms with Crippen molar-refractivity contribution in [1.82, 2.24) is 15.3 Å². The maximum absolute atomic E-state index is 5.09. The summed E-state index contributed by atoms with van der Waals surface area (Å²) < 4.78 is 2.43. The van der Waals surface area contributed by atoms with E-state index in [9.17, 15) is 0 Å². The molecule has 0 aliphatic carbocycles. The van der Waals surface area contributed by atoms with Gasteiger partial charge in [0.05, 0.1) is 21.6 Å². The Morgan fingerprint density at radius 2 is 1.34 bits per heavy atom. The van der Waals surface area contributed by atoms with Gasteiger partial charge in [-0.15, -0.1) is 11.3 Å². The summed E-state index contributed by atoms with van der Waals surface area (Å²) in [5.74, 6) is 1.50. The first kappa shape index (κ1) is 27.3. The van der Waals surface area contributed by atoms with E-state index in [0.717, 1.165) is 61.3 Å². The van der Waals surface area contributed by atoms with Gasteiger partial charge in [0.15, 0.2) is 5.84 Å². The molecule has 0 saturated carbocycles. The molecular formula is C41H27N5S. The Morgan fingerprint density at radius 3 is 2.23 bits per heavy atom. The van der Waals surface area contributed by atoms with Crippen molar-refractivity contribution in [3.8, 4) is 22.5 Å². The van der Waals surface area contributed by atoms with E-state index in [-0.39, 0.29) is 6.17 Å². The van der Waals surface area contributed by atoms with Crippen molar-refractivity contribution < 1.29 is 0 Å². The fourth-order valence-electron chi connectivity index (χ4n) is 6.25. The number of amidine groups is 2. The molecule has 0 fully saturated rings. The average Bonchev–Trinajstić information content (AvgIpc) is 3.53. The quantitative estimate of drug-likeness (QED) is 0.208. The van der Waals surface area contributed by atoms with Crippen molar-refractivity contribution in [2.24, 2.45) is 9.98 Å². The van der Waals surface area contributed by atoms with Crippen LogP contribution in [0.4, 0.5) is 0 Å². The molecule has 47 heavy (non-hydrogen) atoms. The molecule has 0 bridgehead atoms. The molecule has 9 rings (SSSR count). The number of hydrogen-bond acceptors (Lipinski definition) is 6. The third-order valence-electron chi connectivity index (χ3n) is 8.58. The molecule has 5 nitrogen and oxygen atoms in total. The lowest BCUT2D eigenvalue weighted by Gasteiger charge is -2.23. The Morgan fingerprint density at radius 1 is 0.574 bits per heavy atom. The molecule has 3 aromatic heterocycles. The number of aromatic nitrogens is 2. The minimum absolute atomic E-state index is 0.251. The number of nitrogens with zero attached hydrogens (tertiary/aromatic N) is 4. The van der Waals surface area contributed by atoms with Gasteiger partial charge in [0.2, 0.25) is 0 Å². The van der Waals surface area contributed by atoms with Crippen molar-refractivity contribution >= 4 is 54.1 Å². The normalized spacial score (nSPS) is 14.6. The lowest BCUT2D eigenvalue weighted by Crippen LogP contribution is -2.33. The maximum atomic E-state index is 5.09. The summed E-state index contributed by atoms with van der Waals surface area (Å²) >= 11 is 1.77. The zero-order valence-electron chi connectivity index (χ0n) is 25.2. The van der Waals surface area contributed by atoms with Gasteiger partial charge >= 0.3 is 0 Å². The van der Waals surface area contributed by atoms with Crippen LogP contribution in [0, 0.1) is 0 Å². The molecule has 4 heterocycles. The van der Waals surface area contributed by atoms with Crippen LogP contribution in [0.15, 0.2) is 162 Å². The van der Waals surface area contributed by atoms with Gasteiger partial charge < -0.3 is 5.32 Å². The Hall–Kier alpha value is -5.98. The summed E-state index contributed by atoms with van der Waals surface area (Å²) in [6.07, 6.45) is 1.70. The Kier molecular flexibility index (Phi) is 6.65. The van der Waals surface area contributed by atoms with Crippen molar-refractivity contribution in [1.29, 1.82) is 0 Å². The predicted octanol–water partition coefficient (Wildman–Crippen LogP) is 9.83. The summed E-state index contributed by atoms with van der Waals surface area (Å²) in [7, 11) is 0. The van der Waals surface area contributed by atoms with Crippen LogP contribution in [0.5, 0.6) is 0 Å². The van der Waals surface area contributed by atoms with Gasteiger partial charge in [-0.25, -0.2) is 15.0 Å². The summed E-state index contributed by atoms with van der Waals surface area (Å²) in [6, 6.07) is 50.3. The van der Waals surface area contributed by atoms with Crippen molar-refractivity contribution in [3.63, 3.8) is 0 Å². The Labute approximate surface area is 275 Å². The number of pyridine rings is 2. The highest BCUT2D eigenvalue weighted by Gasteiger charge is 2.21. The minimum Gasteiger partial charge on any atom is -0.344 e. The number of rotatable bonds is 5. The zero-order chi connectivity index (χ0) is 31.2. The third kappa shape index (κ3) is 5.05. The van der Waals surface area contributed by atoms with Gasteiger partial charge in [-0.2, -0.15) is 0 Å². The smallest absolute Gasteiger partial charge is 0.159 e. The number of fused-ring (bicyclic) bond motifs is 4. The second kappa shape index (κ2) is 11.4. The van der Waals surface area contributed by atoms with Gasteiger partial charge in [-0.1, -0.05) is 115 Å². The topological polar surface area (TPSA) is 62.5 Å². The van der Waals surface area contributed by atoms with Crippen LogP contribution < -0.4 is 5.32 Å². The lowest BCUT2D eigenvalue weighted by atomic mass is 9.96.